The topological polar surface area (TPSA) is 103 Å². The molecule has 126 valence electrons. The summed E-state index contributed by atoms with van der Waals surface area (Å²) >= 11 is 0. The molecule has 0 radical (unpaired) electrons. The van der Waals surface area contributed by atoms with E-state index in [2.05, 4.69) is 5.32 Å². The Morgan fingerprint density at radius 3 is 2.61 bits per heavy atom. The number of aryl methyl sites for hydroxylation is 1. The van der Waals surface area contributed by atoms with Gasteiger partial charge in [-0.05, 0) is 57.4 Å². The molecular weight excluding hydrogens is 296 g/mol. The van der Waals surface area contributed by atoms with Crippen LogP contribution < -0.4 is 5.32 Å². The van der Waals surface area contributed by atoms with Crippen molar-refractivity contribution in [3.63, 3.8) is 0 Å². The Balaban J connectivity index is 2.57. The minimum atomic E-state index is -1.12. The number of ether oxygens (including phenoxy) is 1. The van der Waals surface area contributed by atoms with Gasteiger partial charge in [0.25, 0.3) is 0 Å². The second-order valence-electron chi connectivity index (χ2n) is 6.41. The Labute approximate surface area is 136 Å². The van der Waals surface area contributed by atoms with Gasteiger partial charge in [-0.1, -0.05) is 6.07 Å². The number of aliphatic hydroxyl groups is 2. The molecule has 0 aliphatic heterocycles. The molecule has 0 fully saturated rings. The molecule has 0 bridgehead atoms. The summed E-state index contributed by atoms with van der Waals surface area (Å²) in [5.74, 6) is 0. The first-order valence-corrected chi connectivity index (χ1v) is 7.47. The van der Waals surface area contributed by atoms with Crippen molar-refractivity contribution >= 4 is 6.09 Å². The molecular formula is C17H24N2O4. The highest BCUT2D eigenvalue weighted by atomic mass is 16.6. The second-order valence-corrected chi connectivity index (χ2v) is 6.41. The minimum Gasteiger partial charge on any atom is -0.444 e. The smallest absolute Gasteiger partial charge is 0.407 e. The van der Waals surface area contributed by atoms with Crippen molar-refractivity contribution in [2.24, 2.45) is 0 Å². The van der Waals surface area contributed by atoms with Crippen LogP contribution in [0.5, 0.6) is 0 Å². The Bertz CT molecular complexity index is 587. The summed E-state index contributed by atoms with van der Waals surface area (Å²) in [6.07, 6.45) is -2.58. The van der Waals surface area contributed by atoms with Gasteiger partial charge in [-0.3, -0.25) is 0 Å². The number of amides is 1. The van der Waals surface area contributed by atoms with E-state index in [1.807, 2.05) is 6.07 Å². The van der Waals surface area contributed by atoms with Gasteiger partial charge in [0.2, 0.25) is 0 Å². The van der Waals surface area contributed by atoms with E-state index in [1.165, 1.54) is 0 Å². The van der Waals surface area contributed by atoms with E-state index in [1.54, 1.807) is 45.9 Å². The lowest BCUT2D eigenvalue weighted by atomic mass is 9.96. The van der Waals surface area contributed by atoms with Crippen LogP contribution in [0, 0.1) is 18.3 Å². The van der Waals surface area contributed by atoms with Crippen molar-refractivity contribution in [2.45, 2.75) is 51.9 Å². The third-order valence-electron chi connectivity index (χ3n) is 3.20. The first-order chi connectivity index (χ1) is 10.6. The zero-order valence-corrected chi connectivity index (χ0v) is 14.0. The molecule has 2 unspecified atom stereocenters. The van der Waals surface area contributed by atoms with Crippen LogP contribution in [-0.2, 0) is 4.74 Å². The molecule has 1 aromatic carbocycles. The number of nitriles is 1. The number of carbonyl (C=O) groups excluding carboxylic acids is 1. The summed E-state index contributed by atoms with van der Waals surface area (Å²) < 4.78 is 5.08. The monoisotopic (exact) mass is 320 g/mol. The fourth-order valence-electron chi connectivity index (χ4n) is 2.03. The average molecular weight is 320 g/mol. The maximum absolute atomic E-state index is 11.5. The van der Waals surface area contributed by atoms with Crippen LogP contribution in [0.4, 0.5) is 4.79 Å². The molecule has 0 aromatic heterocycles. The highest BCUT2D eigenvalue weighted by Crippen LogP contribution is 2.23. The third-order valence-corrected chi connectivity index (χ3v) is 3.20. The van der Waals surface area contributed by atoms with Crippen molar-refractivity contribution < 1.29 is 19.7 Å². The summed E-state index contributed by atoms with van der Waals surface area (Å²) in [5, 5.41) is 31.8. The quantitative estimate of drug-likeness (QED) is 0.771. The Kier molecular flexibility index (Phi) is 6.55. The predicted octanol–water partition coefficient (Wildman–Crippen LogP) is 2.18. The zero-order chi connectivity index (χ0) is 17.6. The Morgan fingerprint density at radius 1 is 1.39 bits per heavy atom. The molecule has 0 aliphatic carbocycles. The maximum Gasteiger partial charge on any atom is 0.407 e. The number of alkyl carbamates (subject to hydrolysis) is 1. The van der Waals surface area contributed by atoms with Gasteiger partial charge in [0.05, 0.1) is 17.7 Å². The SMILES string of the molecule is Cc1ccc(C#N)cc1C(O)C(O)CCNC(=O)OC(C)(C)C. The van der Waals surface area contributed by atoms with E-state index in [0.29, 0.717) is 11.1 Å². The van der Waals surface area contributed by atoms with Crippen molar-refractivity contribution in [1.29, 1.82) is 5.26 Å². The van der Waals surface area contributed by atoms with Crippen LogP contribution in [-0.4, -0.2) is 34.6 Å². The molecule has 0 aliphatic rings. The summed E-state index contributed by atoms with van der Waals surface area (Å²) in [6, 6.07) is 6.94. The number of nitrogens with one attached hydrogen (secondary N) is 1. The fraction of sp³-hybridized carbons (Fsp3) is 0.529. The summed E-state index contributed by atoms with van der Waals surface area (Å²) in [4.78, 5) is 11.5. The lowest BCUT2D eigenvalue weighted by Crippen LogP contribution is -2.34. The number of aliphatic hydroxyl groups excluding tert-OH is 2. The van der Waals surface area contributed by atoms with Crippen LogP contribution in [0.15, 0.2) is 18.2 Å². The highest BCUT2D eigenvalue weighted by molar-refractivity contribution is 5.67. The van der Waals surface area contributed by atoms with Crippen LogP contribution >= 0.6 is 0 Å². The average Bonchev–Trinajstić information content (AvgIpc) is 2.45. The van der Waals surface area contributed by atoms with E-state index >= 15 is 0 Å². The van der Waals surface area contributed by atoms with Gasteiger partial charge in [-0.2, -0.15) is 5.26 Å². The van der Waals surface area contributed by atoms with Crippen molar-refractivity contribution in [3.05, 3.63) is 34.9 Å². The number of carbonyl (C=O) groups is 1. The predicted molar refractivity (Wildman–Crippen MR) is 85.7 cm³/mol. The van der Waals surface area contributed by atoms with Gasteiger partial charge in [0, 0.05) is 6.54 Å². The van der Waals surface area contributed by atoms with E-state index in [9.17, 15) is 15.0 Å². The van der Waals surface area contributed by atoms with Crippen molar-refractivity contribution in [2.75, 3.05) is 6.54 Å². The molecule has 0 heterocycles. The largest absolute Gasteiger partial charge is 0.444 e. The number of rotatable bonds is 5. The van der Waals surface area contributed by atoms with E-state index in [4.69, 9.17) is 10.00 Å². The van der Waals surface area contributed by atoms with Gasteiger partial charge >= 0.3 is 6.09 Å². The standard InChI is InChI=1S/C17H24N2O4/c1-11-5-6-12(10-18)9-13(11)15(21)14(20)7-8-19-16(22)23-17(2,3)4/h5-6,9,14-15,20-21H,7-8H2,1-4H3,(H,19,22). The van der Waals surface area contributed by atoms with Crippen LogP contribution in [0.3, 0.4) is 0 Å². The lowest BCUT2D eigenvalue weighted by molar-refractivity contribution is 0.0119. The first kappa shape index (κ1) is 18.9. The molecule has 1 amide bonds. The molecule has 1 rings (SSSR count). The number of nitrogens with zero attached hydrogens (tertiary/aromatic N) is 1. The van der Waals surface area contributed by atoms with Gasteiger partial charge in [-0.25, -0.2) is 4.79 Å². The summed E-state index contributed by atoms with van der Waals surface area (Å²) in [6.45, 7) is 7.25. The molecule has 0 saturated heterocycles. The third kappa shape index (κ3) is 6.27. The first-order valence-electron chi connectivity index (χ1n) is 7.47. The lowest BCUT2D eigenvalue weighted by Gasteiger charge is -2.22. The number of hydrogen-bond donors (Lipinski definition) is 3. The van der Waals surface area contributed by atoms with E-state index in [-0.39, 0.29) is 13.0 Å². The van der Waals surface area contributed by atoms with Crippen LogP contribution in [0.2, 0.25) is 0 Å². The molecule has 0 spiro atoms. The van der Waals surface area contributed by atoms with Crippen molar-refractivity contribution in [3.8, 4) is 6.07 Å². The van der Waals surface area contributed by atoms with Crippen LogP contribution in [0.25, 0.3) is 0 Å². The summed E-state index contributed by atoms with van der Waals surface area (Å²) in [7, 11) is 0. The van der Waals surface area contributed by atoms with Crippen LogP contribution in [0.1, 0.15) is 50.0 Å². The maximum atomic E-state index is 11.5. The summed E-state index contributed by atoms with van der Waals surface area (Å²) in [5.41, 5.74) is 1.13. The number of benzene rings is 1. The second kappa shape index (κ2) is 7.95. The Hall–Kier alpha value is -2.10. The molecule has 0 saturated carbocycles. The normalized spacial score (nSPS) is 13.8. The van der Waals surface area contributed by atoms with Gasteiger partial charge in [-0.15, -0.1) is 0 Å². The molecule has 1 aromatic rings. The molecule has 23 heavy (non-hydrogen) atoms. The molecule has 6 heteroatoms. The van der Waals surface area contributed by atoms with Gasteiger partial charge < -0.3 is 20.3 Å². The number of hydrogen-bond acceptors (Lipinski definition) is 5. The molecule has 2 atom stereocenters. The fourth-order valence-corrected chi connectivity index (χ4v) is 2.03. The van der Waals surface area contributed by atoms with Crippen molar-refractivity contribution in [1.82, 2.24) is 5.32 Å². The van der Waals surface area contributed by atoms with Gasteiger partial charge in [0.15, 0.2) is 0 Å². The minimum absolute atomic E-state index is 0.163. The van der Waals surface area contributed by atoms with Gasteiger partial charge in [0.1, 0.15) is 11.7 Å². The molecule has 6 nitrogen and oxygen atoms in total. The zero-order valence-electron chi connectivity index (χ0n) is 14.0. The Morgan fingerprint density at radius 2 is 2.04 bits per heavy atom. The van der Waals surface area contributed by atoms with E-state index in [0.717, 1.165) is 5.56 Å². The van der Waals surface area contributed by atoms with E-state index < -0.39 is 23.9 Å². The highest BCUT2D eigenvalue weighted by Gasteiger charge is 2.21. The molecule has 3 N–H and O–H groups in total.